The number of carbonyl (C=O) groups excluding carboxylic acids is 2. The summed E-state index contributed by atoms with van der Waals surface area (Å²) in [4.78, 5) is 26.5. The number of aryl methyl sites for hydroxylation is 1. The Bertz CT molecular complexity index is 1270. The van der Waals surface area contributed by atoms with Crippen LogP contribution in [0.1, 0.15) is 22.3 Å². The number of hydrogen-bond acceptors (Lipinski definition) is 4. The summed E-state index contributed by atoms with van der Waals surface area (Å²) < 4.78 is 26.0. The number of hydrogen-bond donors (Lipinski definition) is 1. The number of rotatable bonds is 7. The zero-order valence-corrected chi connectivity index (χ0v) is 20.8. The molecule has 1 heterocycles. The molecule has 174 valence electrons. The minimum Gasteiger partial charge on any atom is -0.493 e. The highest BCUT2D eigenvalue weighted by Gasteiger charge is 2.33. The van der Waals surface area contributed by atoms with Crippen molar-refractivity contribution in [2.45, 2.75) is 20.1 Å². The summed E-state index contributed by atoms with van der Waals surface area (Å²) in [6.45, 7) is 2.21. The topological polar surface area (TPSA) is 67.9 Å². The summed E-state index contributed by atoms with van der Waals surface area (Å²) in [5.41, 5.74) is 3.23. The lowest BCUT2D eigenvalue weighted by Crippen LogP contribution is -2.30. The molecule has 1 aliphatic rings. The van der Waals surface area contributed by atoms with E-state index in [1.54, 1.807) is 36.4 Å². The van der Waals surface area contributed by atoms with Gasteiger partial charge in [-0.1, -0.05) is 48.0 Å². The zero-order chi connectivity index (χ0) is 24.2. The Labute approximate surface area is 210 Å². The van der Waals surface area contributed by atoms with Gasteiger partial charge in [-0.25, -0.2) is 9.18 Å². The Kier molecular flexibility index (Phi) is 7.16. The fraction of sp³-hybridized carbons (Fsp3) is 0.154. The van der Waals surface area contributed by atoms with Gasteiger partial charge < -0.3 is 14.8 Å². The first-order valence-electron chi connectivity index (χ1n) is 10.5. The van der Waals surface area contributed by atoms with E-state index < -0.39 is 11.9 Å². The van der Waals surface area contributed by atoms with Crippen LogP contribution in [0.4, 0.5) is 9.18 Å². The third-order valence-corrected chi connectivity index (χ3v) is 6.12. The van der Waals surface area contributed by atoms with Gasteiger partial charge in [0.25, 0.3) is 5.91 Å². The van der Waals surface area contributed by atoms with E-state index in [0.29, 0.717) is 26.2 Å². The third-order valence-electron chi connectivity index (χ3n) is 5.32. The van der Waals surface area contributed by atoms with E-state index in [1.807, 2.05) is 31.2 Å². The SMILES string of the molecule is COc1cc(/C=C2/NC(=O)N(Cc3ccc(C)cc3)C2=O)cc(I)c1OCc1ccccc1F. The van der Waals surface area contributed by atoms with E-state index in [9.17, 15) is 14.0 Å². The predicted octanol–water partition coefficient (Wildman–Crippen LogP) is 5.42. The van der Waals surface area contributed by atoms with Crippen LogP contribution in [0.15, 0.2) is 66.4 Å². The Morgan fingerprint density at radius 2 is 1.82 bits per heavy atom. The number of carbonyl (C=O) groups is 2. The quantitative estimate of drug-likeness (QED) is 0.233. The summed E-state index contributed by atoms with van der Waals surface area (Å²) in [6, 6.07) is 17.1. The number of ether oxygens (including phenoxy) is 2. The molecule has 3 amide bonds. The summed E-state index contributed by atoms with van der Waals surface area (Å²) in [7, 11) is 1.50. The molecule has 1 aliphatic heterocycles. The molecule has 0 saturated carbocycles. The second-order valence-corrected chi connectivity index (χ2v) is 8.94. The average Bonchev–Trinajstić information content (AvgIpc) is 3.07. The lowest BCUT2D eigenvalue weighted by atomic mass is 10.1. The molecule has 8 heteroatoms. The molecule has 1 fully saturated rings. The van der Waals surface area contributed by atoms with Crippen molar-refractivity contribution in [2.24, 2.45) is 0 Å². The molecule has 34 heavy (non-hydrogen) atoms. The van der Waals surface area contributed by atoms with Crippen LogP contribution in [0.3, 0.4) is 0 Å². The summed E-state index contributed by atoms with van der Waals surface area (Å²) >= 11 is 2.09. The van der Waals surface area contributed by atoms with Crippen LogP contribution in [0.5, 0.6) is 11.5 Å². The number of nitrogens with zero attached hydrogens (tertiary/aromatic N) is 1. The standard InChI is InChI=1S/C26H22FIN2O4/c1-16-7-9-17(10-8-16)14-30-25(31)22(29-26(30)32)12-18-11-21(28)24(23(13-18)33-2)34-15-19-5-3-4-6-20(19)27/h3-13H,14-15H2,1-2H3,(H,29,32)/b22-12+. The third kappa shape index (κ3) is 5.22. The number of methoxy groups -OCH3 is 1. The van der Waals surface area contributed by atoms with Gasteiger partial charge in [-0.05, 0) is 64.9 Å². The van der Waals surface area contributed by atoms with Crippen molar-refractivity contribution < 1.29 is 23.5 Å². The molecule has 6 nitrogen and oxygen atoms in total. The maximum Gasteiger partial charge on any atom is 0.329 e. The van der Waals surface area contributed by atoms with Crippen LogP contribution >= 0.6 is 22.6 Å². The number of halogens is 2. The highest BCUT2D eigenvalue weighted by atomic mass is 127. The molecule has 1 N–H and O–H groups in total. The Morgan fingerprint density at radius 3 is 2.53 bits per heavy atom. The molecule has 1 saturated heterocycles. The number of amides is 3. The van der Waals surface area contributed by atoms with Crippen LogP contribution in [0.2, 0.25) is 0 Å². The molecule has 0 aromatic heterocycles. The number of benzene rings is 3. The van der Waals surface area contributed by atoms with E-state index >= 15 is 0 Å². The van der Waals surface area contributed by atoms with Crippen molar-refractivity contribution >= 4 is 40.6 Å². The van der Waals surface area contributed by atoms with Gasteiger partial charge in [0, 0.05) is 5.56 Å². The maximum absolute atomic E-state index is 13.9. The van der Waals surface area contributed by atoms with E-state index in [-0.39, 0.29) is 24.7 Å². The van der Waals surface area contributed by atoms with Crippen LogP contribution in [0, 0.1) is 16.3 Å². The smallest absolute Gasteiger partial charge is 0.329 e. The van der Waals surface area contributed by atoms with Crippen molar-refractivity contribution in [1.82, 2.24) is 10.2 Å². The van der Waals surface area contributed by atoms with E-state index in [0.717, 1.165) is 11.1 Å². The minimum absolute atomic E-state index is 0.0436. The molecule has 0 atom stereocenters. The number of imide groups is 1. The van der Waals surface area contributed by atoms with Crippen molar-refractivity contribution in [2.75, 3.05) is 7.11 Å². The summed E-state index contributed by atoms with van der Waals surface area (Å²) in [5.74, 6) is 0.155. The van der Waals surface area contributed by atoms with Gasteiger partial charge in [0.15, 0.2) is 11.5 Å². The van der Waals surface area contributed by atoms with Crippen LogP contribution in [-0.4, -0.2) is 23.9 Å². The predicted molar refractivity (Wildman–Crippen MR) is 135 cm³/mol. The second-order valence-electron chi connectivity index (χ2n) is 7.78. The first-order chi connectivity index (χ1) is 16.4. The van der Waals surface area contributed by atoms with Crippen LogP contribution < -0.4 is 14.8 Å². The van der Waals surface area contributed by atoms with Gasteiger partial charge in [-0.3, -0.25) is 9.69 Å². The highest BCUT2D eigenvalue weighted by Crippen LogP contribution is 2.35. The molecular formula is C26H22FIN2O4. The molecule has 3 aromatic rings. The fourth-order valence-corrected chi connectivity index (χ4v) is 4.27. The first-order valence-corrected chi connectivity index (χ1v) is 11.6. The molecule has 0 unspecified atom stereocenters. The number of nitrogens with one attached hydrogen (secondary N) is 1. The van der Waals surface area contributed by atoms with Gasteiger partial charge in [-0.2, -0.15) is 0 Å². The summed E-state index contributed by atoms with van der Waals surface area (Å²) in [6.07, 6.45) is 1.60. The van der Waals surface area contributed by atoms with Crippen molar-refractivity contribution in [3.63, 3.8) is 0 Å². The van der Waals surface area contributed by atoms with Gasteiger partial charge >= 0.3 is 6.03 Å². The van der Waals surface area contributed by atoms with Gasteiger partial charge in [0.1, 0.15) is 18.1 Å². The highest BCUT2D eigenvalue weighted by molar-refractivity contribution is 14.1. The maximum atomic E-state index is 13.9. The monoisotopic (exact) mass is 572 g/mol. The lowest BCUT2D eigenvalue weighted by Gasteiger charge is -2.14. The van der Waals surface area contributed by atoms with Crippen molar-refractivity contribution in [3.8, 4) is 11.5 Å². The molecule has 0 spiro atoms. The van der Waals surface area contributed by atoms with Gasteiger partial charge in [0.05, 0.1) is 17.2 Å². The Balaban J connectivity index is 1.53. The molecular weight excluding hydrogens is 550 g/mol. The van der Waals surface area contributed by atoms with Crippen LogP contribution in [0.25, 0.3) is 6.08 Å². The Hall–Kier alpha value is -3.40. The summed E-state index contributed by atoms with van der Waals surface area (Å²) in [5, 5.41) is 2.64. The second kappa shape index (κ2) is 10.3. The van der Waals surface area contributed by atoms with Gasteiger partial charge in [-0.15, -0.1) is 0 Å². The molecule has 0 radical (unpaired) electrons. The average molecular weight is 572 g/mol. The van der Waals surface area contributed by atoms with E-state index in [1.165, 1.54) is 18.1 Å². The molecule has 4 rings (SSSR count). The van der Waals surface area contributed by atoms with Crippen molar-refractivity contribution in [1.29, 1.82) is 0 Å². The molecule has 3 aromatic carbocycles. The number of urea groups is 1. The molecule has 0 bridgehead atoms. The normalized spacial score (nSPS) is 14.5. The van der Waals surface area contributed by atoms with Crippen LogP contribution in [-0.2, 0) is 17.9 Å². The van der Waals surface area contributed by atoms with E-state index in [4.69, 9.17) is 9.47 Å². The largest absolute Gasteiger partial charge is 0.493 e. The van der Waals surface area contributed by atoms with E-state index in [2.05, 4.69) is 27.9 Å². The lowest BCUT2D eigenvalue weighted by molar-refractivity contribution is -0.123. The van der Waals surface area contributed by atoms with Gasteiger partial charge in [0.2, 0.25) is 0 Å². The first kappa shape index (κ1) is 23.7. The fourth-order valence-electron chi connectivity index (χ4n) is 3.49. The molecule has 0 aliphatic carbocycles. The zero-order valence-electron chi connectivity index (χ0n) is 18.6. The van der Waals surface area contributed by atoms with Crippen molar-refractivity contribution in [3.05, 3.63) is 98.0 Å². The minimum atomic E-state index is -0.469. The Morgan fingerprint density at radius 1 is 1.09 bits per heavy atom.